The Labute approximate surface area is 131 Å². The molecule has 0 aromatic rings. The van der Waals surface area contributed by atoms with Crippen LogP contribution in [0.1, 0.15) is 91.4 Å². The second kappa shape index (κ2) is 5.53. The van der Waals surface area contributed by atoms with E-state index in [9.17, 15) is 0 Å². The van der Waals surface area contributed by atoms with Gasteiger partial charge in [-0.05, 0) is 67.1 Å². The fraction of sp³-hybridized carbons (Fsp3) is 1.00. The summed E-state index contributed by atoms with van der Waals surface area (Å²) >= 11 is 0. The Hall–Kier alpha value is -0.0800. The van der Waals surface area contributed by atoms with Crippen LogP contribution in [0.25, 0.3) is 0 Å². The molecule has 0 heterocycles. The lowest BCUT2D eigenvalue weighted by atomic mass is 9.39. The summed E-state index contributed by atoms with van der Waals surface area (Å²) in [5.74, 6) is 7.02. The van der Waals surface area contributed by atoms with Crippen LogP contribution in [0.15, 0.2) is 0 Å². The maximum absolute atomic E-state index is 6.05. The summed E-state index contributed by atoms with van der Waals surface area (Å²) in [5, 5.41) is 0. The molecule has 4 fully saturated rings. The molecule has 3 unspecified atom stereocenters. The van der Waals surface area contributed by atoms with Crippen molar-refractivity contribution in [3.63, 3.8) is 0 Å². The van der Waals surface area contributed by atoms with Crippen LogP contribution in [0, 0.1) is 22.2 Å². The minimum absolute atomic E-state index is 0.504. The first kappa shape index (κ1) is 15.8. The van der Waals surface area contributed by atoms with E-state index in [4.69, 9.17) is 5.84 Å². The average molecular weight is 293 g/mol. The van der Waals surface area contributed by atoms with Crippen LogP contribution < -0.4 is 11.3 Å². The summed E-state index contributed by atoms with van der Waals surface area (Å²) in [6, 6.07) is 0.552. The van der Waals surface area contributed by atoms with Gasteiger partial charge in [0.2, 0.25) is 0 Å². The van der Waals surface area contributed by atoms with E-state index in [-0.39, 0.29) is 0 Å². The van der Waals surface area contributed by atoms with Gasteiger partial charge in [-0.3, -0.25) is 11.3 Å². The van der Waals surface area contributed by atoms with E-state index in [2.05, 4.69) is 26.2 Å². The topological polar surface area (TPSA) is 38.0 Å². The summed E-state index contributed by atoms with van der Waals surface area (Å²) in [7, 11) is 0. The molecule has 2 heteroatoms. The van der Waals surface area contributed by atoms with Gasteiger partial charge >= 0.3 is 0 Å². The number of nitrogens with two attached hydrogens (primary N) is 1. The maximum atomic E-state index is 6.05. The number of hydrogen-bond acceptors (Lipinski definition) is 2. The molecule has 4 rings (SSSR count). The van der Waals surface area contributed by atoms with Gasteiger partial charge in [0.15, 0.2) is 0 Å². The fourth-order valence-electron chi connectivity index (χ4n) is 7.27. The van der Waals surface area contributed by atoms with Crippen LogP contribution >= 0.6 is 0 Å². The minimum Gasteiger partial charge on any atom is -0.271 e. The Bertz CT molecular complexity index is 360. The van der Waals surface area contributed by atoms with E-state index < -0.39 is 0 Å². The summed E-state index contributed by atoms with van der Waals surface area (Å²) in [6.07, 6.45) is 15.4. The normalized spacial score (nSPS) is 46.0. The van der Waals surface area contributed by atoms with Crippen LogP contribution in [-0.4, -0.2) is 6.04 Å². The van der Waals surface area contributed by atoms with E-state index in [0.29, 0.717) is 22.3 Å². The third-order valence-corrected chi connectivity index (χ3v) is 6.96. The van der Waals surface area contributed by atoms with E-state index in [1.54, 1.807) is 0 Å². The van der Waals surface area contributed by atoms with Gasteiger partial charge in [-0.2, -0.15) is 0 Å². The number of hydrogen-bond donors (Lipinski definition) is 2. The van der Waals surface area contributed by atoms with E-state index in [1.807, 2.05) is 0 Å². The lowest BCUT2D eigenvalue weighted by Crippen LogP contribution is -2.62. The average Bonchev–Trinajstić information content (AvgIpc) is 2.34. The number of rotatable bonds is 7. The molecule has 122 valence electrons. The van der Waals surface area contributed by atoms with Crippen molar-refractivity contribution >= 4 is 0 Å². The Morgan fingerprint density at radius 1 is 1.00 bits per heavy atom. The number of hydrazine groups is 1. The summed E-state index contributed by atoms with van der Waals surface area (Å²) in [5.41, 5.74) is 4.98. The van der Waals surface area contributed by atoms with Crippen LogP contribution in [-0.2, 0) is 0 Å². The summed E-state index contributed by atoms with van der Waals surface area (Å²) in [4.78, 5) is 0. The highest BCUT2D eigenvalue weighted by Crippen LogP contribution is 2.70. The molecular weight excluding hydrogens is 256 g/mol. The number of unbranched alkanes of at least 4 members (excludes halogenated alkanes) is 3. The molecular formula is C19H36N2. The molecule has 2 nitrogen and oxygen atoms in total. The number of nitrogens with one attached hydrogen (secondary N) is 1. The van der Waals surface area contributed by atoms with Crippen molar-refractivity contribution in [2.75, 3.05) is 0 Å². The Kier molecular flexibility index (Phi) is 4.16. The summed E-state index contributed by atoms with van der Waals surface area (Å²) < 4.78 is 0. The quantitative estimate of drug-likeness (QED) is 0.402. The Morgan fingerprint density at radius 3 is 2.19 bits per heavy atom. The van der Waals surface area contributed by atoms with Crippen molar-refractivity contribution in [3.05, 3.63) is 0 Å². The first-order valence-corrected chi connectivity index (χ1v) is 9.39. The van der Waals surface area contributed by atoms with E-state index in [0.717, 1.165) is 5.92 Å². The zero-order valence-corrected chi connectivity index (χ0v) is 14.5. The van der Waals surface area contributed by atoms with Crippen LogP contribution in [0.4, 0.5) is 0 Å². The lowest BCUT2D eigenvalue weighted by molar-refractivity contribution is -0.158. The summed E-state index contributed by atoms with van der Waals surface area (Å²) in [6.45, 7) is 7.42. The van der Waals surface area contributed by atoms with Gasteiger partial charge in [0.1, 0.15) is 0 Å². The smallest absolute Gasteiger partial charge is 0.0267 e. The molecule has 0 aromatic heterocycles. The third kappa shape index (κ3) is 2.91. The van der Waals surface area contributed by atoms with Gasteiger partial charge in [0.05, 0.1) is 0 Å². The molecule has 4 saturated carbocycles. The highest BCUT2D eigenvalue weighted by molar-refractivity contribution is 5.13. The molecule has 4 aliphatic rings. The third-order valence-electron chi connectivity index (χ3n) is 6.96. The van der Waals surface area contributed by atoms with Crippen molar-refractivity contribution in [1.29, 1.82) is 0 Å². The van der Waals surface area contributed by atoms with E-state index >= 15 is 0 Å². The van der Waals surface area contributed by atoms with Crippen LogP contribution in [0.3, 0.4) is 0 Å². The van der Waals surface area contributed by atoms with Gasteiger partial charge < -0.3 is 0 Å². The monoisotopic (exact) mass is 292 g/mol. The van der Waals surface area contributed by atoms with Gasteiger partial charge in [-0.1, -0.05) is 46.5 Å². The molecule has 0 aromatic carbocycles. The highest BCUT2D eigenvalue weighted by Gasteiger charge is 2.61. The van der Waals surface area contributed by atoms with Gasteiger partial charge in [0.25, 0.3) is 0 Å². The molecule has 0 radical (unpaired) electrons. The first-order chi connectivity index (χ1) is 9.93. The largest absolute Gasteiger partial charge is 0.271 e. The molecule has 0 aliphatic heterocycles. The molecule has 3 atom stereocenters. The van der Waals surface area contributed by atoms with Crippen molar-refractivity contribution in [1.82, 2.24) is 5.43 Å². The predicted molar refractivity (Wildman–Crippen MR) is 89.7 cm³/mol. The van der Waals surface area contributed by atoms with E-state index in [1.165, 1.54) is 70.6 Å². The van der Waals surface area contributed by atoms with Crippen LogP contribution in [0.2, 0.25) is 0 Å². The fourth-order valence-corrected chi connectivity index (χ4v) is 7.27. The molecule has 4 aliphatic carbocycles. The molecule has 0 amide bonds. The maximum Gasteiger partial charge on any atom is 0.0267 e. The van der Waals surface area contributed by atoms with Crippen LogP contribution in [0.5, 0.6) is 0 Å². The second-order valence-corrected chi connectivity index (χ2v) is 9.56. The SMILES string of the molecule is CCCCCCC(NN)C12CC3CC(C)(CC(C)(C3)C1)C2. The highest BCUT2D eigenvalue weighted by atomic mass is 15.2. The van der Waals surface area contributed by atoms with Gasteiger partial charge in [-0.25, -0.2) is 0 Å². The molecule has 3 N–H and O–H groups in total. The molecule has 0 saturated heterocycles. The first-order valence-electron chi connectivity index (χ1n) is 9.39. The lowest BCUT2D eigenvalue weighted by Gasteiger charge is -2.67. The minimum atomic E-state index is 0.504. The van der Waals surface area contributed by atoms with Crippen molar-refractivity contribution in [3.8, 4) is 0 Å². The standard InChI is InChI=1S/C19H36N2/c1-4-5-6-7-8-16(21-20)19-11-15-9-17(2,13-19)12-18(3,10-15)14-19/h15-16,21H,4-14,20H2,1-3H3. The second-order valence-electron chi connectivity index (χ2n) is 9.56. The molecule has 4 bridgehead atoms. The van der Waals surface area contributed by atoms with Crippen molar-refractivity contribution in [2.24, 2.45) is 28.0 Å². The Morgan fingerprint density at radius 2 is 1.67 bits per heavy atom. The molecule has 21 heavy (non-hydrogen) atoms. The van der Waals surface area contributed by atoms with Crippen molar-refractivity contribution < 1.29 is 0 Å². The molecule has 0 spiro atoms. The Balaban J connectivity index is 1.73. The van der Waals surface area contributed by atoms with Crippen molar-refractivity contribution in [2.45, 2.75) is 97.4 Å². The van der Waals surface area contributed by atoms with Gasteiger partial charge in [-0.15, -0.1) is 0 Å². The zero-order valence-electron chi connectivity index (χ0n) is 14.5. The van der Waals surface area contributed by atoms with Gasteiger partial charge in [0, 0.05) is 6.04 Å². The predicted octanol–water partition coefficient (Wildman–Crippen LogP) is 4.79. The zero-order chi connectivity index (χ0) is 15.1.